The molecule has 1 fully saturated rings. The Hall–Kier alpha value is -0.770. The Morgan fingerprint density at radius 1 is 1.56 bits per heavy atom. The molecule has 1 aliphatic rings. The van der Waals surface area contributed by atoms with Crippen molar-refractivity contribution in [2.24, 2.45) is 11.7 Å². The smallest absolute Gasteiger partial charge is 0.251 e. The summed E-state index contributed by atoms with van der Waals surface area (Å²) in [7, 11) is 0. The number of hydrogen-bond donors (Lipinski definition) is 2. The van der Waals surface area contributed by atoms with Crippen LogP contribution in [0.25, 0.3) is 0 Å². The van der Waals surface area contributed by atoms with Crippen molar-refractivity contribution in [2.45, 2.75) is 25.8 Å². The molecule has 100 valence electrons. The average molecular weight is 289 g/mol. The van der Waals surface area contributed by atoms with E-state index in [1.807, 2.05) is 6.92 Å². The highest BCUT2D eigenvalue weighted by Gasteiger charge is 2.28. The number of nitrogens with one attached hydrogen (secondary N) is 1. The summed E-state index contributed by atoms with van der Waals surface area (Å²) in [4.78, 5) is 11.9. The molecule has 1 aromatic carbocycles. The largest absolute Gasteiger partial charge is 0.350 e. The number of amides is 1. The molecule has 1 unspecified atom stereocenters. The molecule has 1 atom stereocenters. The molecule has 0 aromatic heterocycles. The van der Waals surface area contributed by atoms with Gasteiger partial charge < -0.3 is 11.1 Å². The summed E-state index contributed by atoms with van der Waals surface area (Å²) in [5.41, 5.74) is 7.37. The Morgan fingerprint density at radius 2 is 2.22 bits per heavy atom. The number of hydrogen-bond acceptors (Lipinski definition) is 2. The fourth-order valence-corrected chi connectivity index (χ4v) is 2.02. The first kappa shape index (κ1) is 15.3. The maximum atomic E-state index is 11.9. The molecule has 1 aromatic rings. The standard InChI is InChI=1S/C13H17ClN2O.ClH/c1-8-10(3-2-4-11(8)14)13(17)16-7-12(15)9-5-6-9;/h2-4,9,12H,5-7,15H2,1H3,(H,16,17);1H. The van der Waals surface area contributed by atoms with Gasteiger partial charge in [-0.15, -0.1) is 12.4 Å². The quantitative estimate of drug-likeness (QED) is 0.895. The molecule has 0 heterocycles. The van der Waals surface area contributed by atoms with Crippen LogP contribution in [0, 0.1) is 12.8 Å². The zero-order valence-corrected chi connectivity index (χ0v) is 11.9. The van der Waals surface area contributed by atoms with E-state index < -0.39 is 0 Å². The third kappa shape index (κ3) is 3.61. The van der Waals surface area contributed by atoms with Crippen LogP contribution in [0.4, 0.5) is 0 Å². The van der Waals surface area contributed by atoms with Gasteiger partial charge >= 0.3 is 0 Å². The van der Waals surface area contributed by atoms with Crippen molar-refractivity contribution < 1.29 is 4.79 Å². The van der Waals surface area contributed by atoms with Gasteiger partial charge in [0, 0.05) is 23.2 Å². The molecule has 2 rings (SSSR count). The molecule has 3 nitrogen and oxygen atoms in total. The van der Waals surface area contributed by atoms with E-state index in [1.54, 1.807) is 18.2 Å². The van der Waals surface area contributed by atoms with Crippen LogP contribution < -0.4 is 11.1 Å². The lowest BCUT2D eigenvalue weighted by Gasteiger charge is -2.13. The fourth-order valence-electron chi connectivity index (χ4n) is 1.85. The molecule has 0 radical (unpaired) electrons. The van der Waals surface area contributed by atoms with E-state index in [4.69, 9.17) is 17.3 Å². The molecule has 18 heavy (non-hydrogen) atoms. The maximum Gasteiger partial charge on any atom is 0.251 e. The molecule has 0 saturated heterocycles. The van der Waals surface area contributed by atoms with Crippen LogP contribution in [-0.2, 0) is 0 Å². The van der Waals surface area contributed by atoms with Crippen LogP contribution in [-0.4, -0.2) is 18.5 Å². The molecule has 1 aliphatic carbocycles. The van der Waals surface area contributed by atoms with Gasteiger partial charge in [-0.1, -0.05) is 17.7 Å². The van der Waals surface area contributed by atoms with Gasteiger partial charge in [-0.3, -0.25) is 4.79 Å². The molecule has 0 spiro atoms. The minimum Gasteiger partial charge on any atom is -0.350 e. The Morgan fingerprint density at radius 3 is 2.83 bits per heavy atom. The molecular formula is C13H18Cl2N2O. The van der Waals surface area contributed by atoms with Gasteiger partial charge in [0.25, 0.3) is 5.91 Å². The van der Waals surface area contributed by atoms with Gasteiger partial charge in [0.1, 0.15) is 0 Å². The third-order valence-electron chi connectivity index (χ3n) is 3.24. The molecule has 1 amide bonds. The minimum atomic E-state index is -0.0962. The monoisotopic (exact) mass is 288 g/mol. The minimum absolute atomic E-state index is 0. The molecule has 5 heteroatoms. The number of carbonyl (C=O) groups excluding carboxylic acids is 1. The Labute approximate surface area is 118 Å². The second-order valence-electron chi connectivity index (χ2n) is 4.62. The maximum absolute atomic E-state index is 11.9. The molecule has 1 saturated carbocycles. The SMILES string of the molecule is Cc1c(Cl)cccc1C(=O)NCC(N)C1CC1.Cl. The van der Waals surface area contributed by atoms with Gasteiger partial charge in [-0.25, -0.2) is 0 Å². The Kier molecular flexibility index (Phi) is 5.45. The first-order valence-corrected chi connectivity index (χ1v) is 6.26. The molecular weight excluding hydrogens is 271 g/mol. The highest BCUT2D eigenvalue weighted by atomic mass is 35.5. The van der Waals surface area contributed by atoms with Gasteiger partial charge in [-0.05, 0) is 43.4 Å². The summed E-state index contributed by atoms with van der Waals surface area (Å²) >= 11 is 5.98. The lowest BCUT2D eigenvalue weighted by molar-refractivity contribution is 0.0949. The lowest BCUT2D eigenvalue weighted by atomic mass is 10.1. The first-order chi connectivity index (χ1) is 8.09. The van der Waals surface area contributed by atoms with E-state index in [0.29, 0.717) is 23.0 Å². The number of nitrogens with two attached hydrogens (primary N) is 1. The molecule has 0 aliphatic heterocycles. The van der Waals surface area contributed by atoms with E-state index in [9.17, 15) is 4.79 Å². The van der Waals surface area contributed by atoms with E-state index in [2.05, 4.69) is 5.32 Å². The van der Waals surface area contributed by atoms with Gasteiger partial charge in [0.05, 0.1) is 0 Å². The van der Waals surface area contributed by atoms with E-state index in [0.717, 1.165) is 5.56 Å². The van der Waals surface area contributed by atoms with Crippen LogP contribution in [0.1, 0.15) is 28.8 Å². The summed E-state index contributed by atoms with van der Waals surface area (Å²) in [5, 5.41) is 3.48. The summed E-state index contributed by atoms with van der Waals surface area (Å²) in [6, 6.07) is 5.42. The highest BCUT2D eigenvalue weighted by Crippen LogP contribution is 2.31. The number of rotatable bonds is 4. The van der Waals surface area contributed by atoms with Crippen molar-refractivity contribution in [3.05, 3.63) is 34.3 Å². The predicted molar refractivity (Wildman–Crippen MR) is 76.5 cm³/mol. The summed E-state index contributed by atoms with van der Waals surface area (Å²) in [6.45, 7) is 2.38. The van der Waals surface area contributed by atoms with E-state index in [1.165, 1.54) is 12.8 Å². The zero-order chi connectivity index (χ0) is 12.4. The second-order valence-corrected chi connectivity index (χ2v) is 5.03. The van der Waals surface area contributed by atoms with Crippen LogP contribution in [0.2, 0.25) is 5.02 Å². The van der Waals surface area contributed by atoms with Crippen LogP contribution in [0.15, 0.2) is 18.2 Å². The molecule has 3 N–H and O–H groups in total. The Balaban J connectivity index is 0.00000162. The normalized spacial score (nSPS) is 15.7. The summed E-state index contributed by atoms with van der Waals surface area (Å²) < 4.78 is 0. The number of carbonyl (C=O) groups is 1. The zero-order valence-electron chi connectivity index (χ0n) is 10.3. The molecule has 0 bridgehead atoms. The predicted octanol–water partition coefficient (Wildman–Crippen LogP) is 2.54. The summed E-state index contributed by atoms with van der Waals surface area (Å²) in [6.07, 6.45) is 2.38. The average Bonchev–Trinajstić information content (AvgIpc) is 3.13. The third-order valence-corrected chi connectivity index (χ3v) is 3.65. The topological polar surface area (TPSA) is 55.1 Å². The van der Waals surface area contributed by atoms with Crippen molar-refractivity contribution in [1.82, 2.24) is 5.32 Å². The van der Waals surface area contributed by atoms with Gasteiger partial charge in [0.2, 0.25) is 0 Å². The van der Waals surface area contributed by atoms with Gasteiger partial charge in [-0.2, -0.15) is 0 Å². The van der Waals surface area contributed by atoms with Crippen molar-refractivity contribution in [3.63, 3.8) is 0 Å². The van der Waals surface area contributed by atoms with Crippen molar-refractivity contribution in [3.8, 4) is 0 Å². The van der Waals surface area contributed by atoms with Crippen LogP contribution in [0.3, 0.4) is 0 Å². The summed E-state index contributed by atoms with van der Waals surface area (Å²) in [5.74, 6) is 0.497. The lowest BCUT2D eigenvalue weighted by Crippen LogP contribution is -2.38. The Bertz CT molecular complexity index is 433. The van der Waals surface area contributed by atoms with Crippen LogP contribution >= 0.6 is 24.0 Å². The number of halogens is 2. The van der Waals surface area contributed by atoms with Crippen molar-refractivity contribution >= 4 is 29.9 Å². The van der Waals surface area contributed by atoms with Gasteiger partial charge in [0.15, 0.2) is 0 Å². The van der Waals surface area contributed by atoms with Crippen molar-refractivity contribution in [2.75, 3.05) is 6.54 Å². The second kappa shape index (κ2) is 6.41. The fraction of sp³-hybridized carbons (Fsp3) is 0.462. The van der Waals surface area contributed by atoms with E-state index in [-0.39, 0.29) is 24.4 Å². The van der Waals surface area contributed by atoms with Crippen LogP contribution in [0.5, 0.6) is 0 Å². The number of benzene rings is 1. The highest BCUT2D eigenvalue weighted by molar-refractivity contribution is 6.31. The van der Waals surface area contributed by atoms with Crippen molar-refractivity contribution in [1.29, 1.82) is 0 Å². The van der Waals surface area contributed by atoms with E-state index >= 15 is 0 Å². The first-order valence-electron chi connectivity index (χ1n) is 5.88.